The second kappa shape index (κ2) is 26.2. The van der Waals surface area contributed by atoms with E-state index in [4.69, 9.17) is 8.83 Å². The van der Waals surface area contributed by atoms with Crippen molar-refractivity contribution in [3.8, 4) is 100 Å². The molecule has 21 aromatic rings. The minimum atomic E-state index is -0.696. The Hall–Kier alpha value is -15.1. The summed E-state index contributed by atoms with van der Waals surface area (Å²) in [5, 5.41) is 9.23. The summed E-state index contributed by atoms with van der Waals surface area (Å²) in [6, 6.07) is 153. The first kappa shape index (κ1) is 67.4. The van der Waals surface area contributed by atoms with Gasteiger partial charge < -0.3 is 18.6 Å². The maximum absolute atomic E-state index is 7.03. The van der Waals surface area contributed by atoms with Crippen LogP contribution in [0.2, 0.25) is 0 Å². The molecular formula is C114H74N2O2. The van der Waals surface area contributed by atoms with Crippen molar-refractivity contribution in [1.82, 2.24) is 0 Å². The smallest absolute Gasteiger partial charge is 0.143 e. The van der Waals surface area contributed by atoms with Crippen LogP contribution >= 0.6 is 0 Å². The van der Waals surface area contributed by atoms with Crippen LogP contribution in [0.3, 0.4) is 0 Å². The van der Waals surface area contributed by atoms with Crippen LogP contribution in [0.5, 0.6) is 0 Å². The molecule has 4 nitrogen and oxygen atoms in total. The van der Waals surface area contributed by atoms with E-state index in [1.165, 1.54) is 105 Å². The van der Waals surface area contributed by atoms with Crippen molar-refractivity contribution >= 4 is 99.5 Å². The van der Waals surface area contributed by atoms with Gasteiger partial charge in [0.25, 0.3) is 0 Å². The molecule has 4 heteroatoms. The lowest BCUT2D eigenvalue weighted by atomic mass is 9.70. The SMILES string of the molecule is CC1(C)c2ccccc2-c2ccc(-c3ccc(N(c4ccc(-c5cccc6ccccc56)cc4)c4cc(-c5ccc6c(c5)-c5ccccc5C65c6ccccc6-c6c(N(c7ccc(-c8cccc9ccccc89)cc7)c7ccccc7-c7cccc8c7oc7ccccc78)cccc65)ccc4-c4cccc5c4oc4ccccc45)cc3)cc21. The molecular weight excluding hydrogens is 1430 g/mol. The van der Waals surface area contributed by atoms with Gasteiger partial charge in [-0.25, -0.2) is 0 Å². The number of fused-ring (bicyclic) bond motifs is 21. The highest BCUT2D eigenvalue weighted by atomic mass is 16.3. The van der Waals surface area contributed by atoms with Crippen LogP contribution in [0.15, 0.2) is 421 Å². The van der Waals surface area contributed by atoms with E-state index in [0.717, 1.165) is 128 Å². The van der Waals surface area contributed by atoms with Crippen molar-refractivity contribution in [3.05, 3.63) is 446 Å². The third-order valence-corrected chi connectivity index (χ3v) is 25.9. The minimum Gasteiger partial charge on any atom is -0.455 e. The molecule has 0 bridgehead atoms. The third-order valence-electron chi connectivity index (χ3n) is 25.9. The average molecular weight is 1500 g/mol. The summed E-state index contributed by atoms with van der Waals surface area (Å²) < 4.78 is 13.9. The van der Waals surface area contributed by atoms with Gasteiger partial charge in [-0.2, -0.15) is 0 Å². The van der Waals surface area contributed by atoms with Gasteiger partial charge >= 0.3 is 0 Å². The minimum absolute atomic E-state index is 0.136. The maximum Gasteiger partial charge on any atom is 0.143 e. The van der Waals surface area contributed by atoms with E-state index in [0.29, 0.717) is 0 Å². The highest BCUT2D eigenvalue weighted by Gasteiger charge is 2.53. The summed E-state index contributed by atoms with van der Waals surface area (Å²) in [7, 11) is 0. The lowest BCUT2D eigenvalue weighted by molar-refractivity contribution is 0.660. The summed E-state index contributed by atoms with van der Waals surface area (Å²) >= 11 is 0. The monoisotopic (exact) mass is 1500 g/mol. The second-order valence-corrected chi connectivity index (χ2v) is 32.4. The fourth-order valence-electron chi connectivity index (χ4n) is 20.5. The largest absolute Gasteiger partial charge is 0.455 e. The first-order valence-electron chi connectivity index (χ1n) is 40.9. The van der Waals surface area contributed by atoms with Crippen LogP contribution in [0.25, 0.3) is 166 Å². The van der Waals surface area contributed by atoms with Gasteiger partial charge in [0.1, 0.15) is 22.3 Å². The van der Waals surface area contributed by atoms with Gasteiger partial charge in [-0.05, 0) is 206 Å². The Bertz CT molecular complexity index is 7720. The summed E-state index contributed by atoms with van der Waals surface area (Å²) in [5.41, 5.74) is 37.4. The van der Waals surface area contributed by atoms with Crippen LogP contribution in [0.1, 0.15) is 47.2 Å². The van der Waals surface area contributed by atoms with E-state index in [-0.39, 0.29) is 5.41 Å². The summed E-state index contributed by atoms with van der Waals surface area (Å²) in [6.07, 6.45) is 0. The summed E-state index contributed by atoms with van der Waals surface area (Å²) in [5.74, 6) is 0. The number of furan rings is 2. The molecule has 0 radical (unpaired) electrons. The Labute approximate surface area is 684 Å². The number of nitrogens with zero attached hydrogens (tertiary/aromatic N) is 2. The van der Waals surface area contributed by atoms with Gasteiger partial charge in [-0.15, -0.1) is 0 Å². The number of hydrogen-bond acceptors (Lipinski definition) is 4. The molecule has 0 fully saturated rings. The number of benzene rings is 19. The average Bonchev–Trinajstić information content (AvgIpc) is 1.50. The van der Waals surface area contributed by atoms with Gasteiger partial charge in [0.05, 0.1) is 22.5 Å². The van der Waals surface area contributed by atoms with Crippen molar-refractivity contribution in [2.45, 2.75) is 24.7 Å². The molecule has 0 aliphatic heterocycles. The molecule has 1 atom stereocenters. The van der Waals surface area contributed by atoms with E-state index in [9.17, 15) is 0 Å². The first-order valence-corrected chi connectivity index (χ1v) is 40.9. The van der Waals surface area contributed by atoms with Crippen molar-refractivity contribution in [2.24, 2.45) is 0 Å². The molecule has 2 aromatic heterocycles. The molecule has 118 heavy (non-hydrogen) atoms. The Morgan fingerprint density at radius 1 is 0.203 bits per heavy atom. The highest BCUT2D eigenvalue weighted by molar-refractivity contribution is 6.14. The van der Waals surface area contributed by atoms with E-state index in [1.54, 1.807) is 0 Å². The van der Waals surface area contributed by atoms with E-state index >= 15 is 0 Å². The topological polar surface area (TPSA) is 32.8 Å². The van der Waals surface area contributed by atoms with Gasteiger partial charge in [-0.3, -0.25) is 0 Å². The van der Waals surface area contributed by atoms with Crippen molar-refractivity contribution < 1.29 is 8.83 Å². The number of para-hydroxylation sites is 5. The molecule has 3 aliphatic carbocycles. The molecule has 1 spiro atoms. The zero-order valence-corrected chi connectivity index (χ0v) is 65.0. The molecule has 552 valence electrons. The van der Waals surface area contributed by atoms with Crippen LogP contribution in [0, 0.1) is 0 Å². The first-order chi connectivity index (χ1) is 58.3. The normalized spacial score (nSPS) is 13.9. The predicted molar refractivity (Wildman–Crippen MR) is 492 cm³/mol. The zero-order valence-electron chi connectivity index (χ0n) is 65.0. The zero-order chi connectivity index (χ0) is 77.9. The van der Waals surface area contributed by atoms with Gasteiger partial charge in [0.2, 0.25) is 0 Å². The third kappa shape index (κ3) is 10.1. The molecule has 3 aliphatic rings. The molecule has 0 amide bonds. The Kier molecular flexibility index (Phi) is 15.0. The van der Waals surface area contributed by atoms with Crippen LogP contribution in [0.4, 0.5) is 34.1 Å². The summed E-state index contributed by atoms with van der Waals surface area (Å²) in [4.78, 5) is 4.99. The van der Waals surface area contributed by atoms with Crippen LogP contribution in [-0.2, 0) is 10.8 Å². The molecule has 0 saturated heterocycles. The fraction of sp³-hybridized carbons (Fsp3) is 0.0351. The van der Waals surface area contributed by atoms with Gasteiger partial charge in [-0.1, -0.05) is 347 Å². The molecule has 19 aromatic carbocycles. The lowest BCUT2D eigenvalue weighted by Crippen LogP contribution is -2.26. The van der Waals surface area contributed by atoms with Gasteiger partial charge in [0, 0.05) is 71.8 Å². The van der Waals surface area contributed by atoms with Crippen molar-refractivity contribution in [3.63, 3.8) is 0 Å². The Balaban J connectivity index is 0.690. The Morgan fingerprint density at radius 2 is 0.576 bits per heavy atom. The van der Waals surface area contributed by atoms with Crippen LogP contribution in [-0.4, -0.2) is 0 Å². The lowest BCUT2D eigenvalue weighted by Gasteiger charge is -2.32. The fourth-order valence-corrected chi connectivity index (χ4v) is 20.5. The molecule has 2 heterocycles. The second-order valence-electron chi connectivity index (χ2n) is 32.4. The highest BCUT2D eigenvalue weighted by Crippen LogP contribution is 2.66. The van der Waals surface area contributed by atoms with E-state index in [1.807, 2.05) is 0 Å². The molecule has 24 rings (SSSR count). The van der Waals surface area contributed by atoms with Crippen LogP contribution < -0.4 is 9.80 Å². The molecule has 0 N–H and O–H groups in total. The molecule has 1 unspecified atom stereocenters. The Morgan fingerprint density at radius 3 is 1.19 bits per heavy atom. The van der Waals surface area contributed by atoms with E-state index in [2.05, 4.69) is 436 Å². The van der Waals surface area contributed by atoms with Crippen molar-refractivity contribution in [1.29, 1.82) is 0 Å². The number of hydrogen-bond donors (Lipinski definition) is 0. The van der Waals surface area contributed by atoms with E-state index < -0.39 is 5.41 Å². The standard InChI is InChI=1S/C114H74N2O2/c1-113(2)99-42-13-7-30-86(99)88-65-56-77(69-104(88)113)71-50-59-79(60-51-71)115(80-61-52-74(53-62-80)84-36-19-26-72-24-3-5-28-82(72)84)107-70-78(57-66-90(107)94-39-22-41-96-92-34-12-18-49-109(92)118-112(94)96)76-58-67-102-98(68-76)87-31-8-14-43-100(87)114(102)101-44-15-9-35-97(101)110-103(114)45-23-47-106(110)116(81-63-54-75(55-64-81)85-37-20-27-73-25-4-6-29-83(73)85)105-46-16-10-32-89(105)93-38-21-40-95-91-33-11-17-48-108(91)117-111(93)95/h3-70H,1-2H3. The van der Waals surface area contributed by atoms with Gasteiger partial charge in [0.15, 0.2) is 0 Å². The maximum atomic E-state index is 7.03. The number of anilines is 6. The summed E-state index contributed by atoms with van der Waals surface area (Å²) in [6.45, 7) is 4.73. The molecule has 0 saturated carbocycles. The van der Waals surface area contributed by atoms with Crippen molar-refractivity contribution in [2.75, 3.05) is 9.80 Å². The predicted octanol–water partition coefficient (Wildman–Crippen LogP) is 31.4. The quantitative estimate of drug-likeness (QED) is 0.122. The number of rotatable bonds is 12.